The number of methoxy groups -OCH3 is 2. The monoisotopic (exact) mass is 332 g/mol. The van der Waals surface area contributed by atoms with Gasteiger partial charge in [0.2, 0.25) is 0 Å². The first-order valence-corrected chi connectivity index (χ1v) is 7.03. The van der Waals surface area contributed by atoms with Gasteiger partial charge in [0.05, 0.1) is 14.2 Å². The van der Waals surface area contributed by atoms with Crippen LogP contribution in [0, 0.1) is 0 Å². The molecule has 8 heteroatoms. The van der Waals surface area contributed by atoms with Crippen LogP contribution in [0.15, 0.2) is 35.1 Å². The molecule has 0 spiro atoms. The molecule has 2 N–H and O–H groups in total. The van der Waals surface area contributed by atoms with Gasteiger partial charge in [0, 0.05) is 23.9 Å². The number of hydrogen-bond acceptors (Lipinski definition) is 6. The molecule has 2 heterocycles. The molecule has 0 aliphatic rings. The van der Waals surface area contributed by atoms with Crippen molar-refractivity contribution in [3.8, 4) is 11.5 Å². The van der Waals surface area contributed by atoms with Gasteiger partial charge in [-0.05, 0) is 12.1 Å². The summed E-state index contributed by atoms with van der Waals surface area (Å²) >= 11 is 5.80. The lowest BCUT2D eigenvalue weighted by Crippen LogP contribution is -2.14. The topological polar surface area (TPSA) is 89.1 Å². The number of ether oxygens (including phenoxy) is 2. The molecule has 118 valence electrons. The number of benzene rings is 1. The lowest BCUT2D eigenvalue weighted by atomic mass is 10.2. The van der Waals surface area contributed by atoms with E-state index in [4.69, 9.17) is 21.1 Å². The maximum atomic E-state index is 12.1. The molecule has 7 nitrogen and oxygen atoms in total. The molecule has 0 saturated carbocycles. The second kappa shape index (κ2) is 6.13. The van der Waals surface area contributed by atoms with E-state index in [-0.39, 0.29) is 11.0 Å². The lowest BCUT2D eigenvalue weighted by Gasteiger charge is -2.10. The number of halogens is 1. The quantitative estimate of drug-likeness (QED) is 0.714. The molecule has 0 aliphatic carbocycles. The Labute approximate surface area is 136 Å². The number of nitrogens with one attached hydrogen (secondary N) is 2. The fourth-order valence-corrected chi connectivity index (χ4v) is 2.20. The highest BCUT2D eigenvalue weighted by Gasteiger charge is 2.08. The Balaban J connectivity index is 2.03. The van der Waals surface area contributed by atoms with Gasteiger partial charge < -0.3 is 19.8 Å². The average Bonchev–Trinajstić information content (AvgIpc) is 2.55. The van der Waals surface area contributed by atoms with Crippen LogP contribution in [-0.4, -0.2) is 29.2 Å². The van der Waals surface area contributed by atoms with E-state index in [9.17, 15) is 4.79 Å². The fraction of sp³-hybridized carbons (Fsp3) is 0.133. The van der Waals surface area contributed by atoms with E-state index >= 15 is 0 Å². The number of H-pyrrole nitrogens is 1. The molecule has 0 unspecified atom stereocenters. The van der Waals surface area contributed by atoms with Crippen LogP contribution in [0.2, 0.25) is 5.15 Å². The van der Waals surface area contributed by atoms with E-state index in [1.54, 1.807) is 44.6 Å². The number of aromatic amines is 1. The molecule has 1 aromatic carbocycles. The first-order chi connectivity index (χ1) is 11.1. The molecule has 0 fully saturated rings. The Morgan fingerprint density at radius 3 is 2.43 bits per heavy atom. The van der Waals surface area contributed by atoms with Gasteiger partial charge in [-0.15, -0.1) is 0 Å². The summed E-state index contributed by atoms with van der Waals surface area (Å²) in [5.41, 5.74) is 1.05. The zero-order valence-electron chi connectivity index (χ0n) is 12.4. The van der Waals surface area contributed by atoms with Crippen LogP contribution in [-0.2, 0) is 0 Å². The second-order valence-electron chi connectivity index (χ2n) is 4.64. The second-order valence-corrected chi connectivity index (χ2v) is 5.03. The predicted molar refractivity (Wildman–Crippen MR) is 88.0 cm³/mol. The molecule has 3 aromatic rings. The summed E-state index contributed by atoms with van der Waals surface area (Å²) in [4.78, 5) is 23.1. The van der Waals surface area contributed by atoms with E-state index in [1.807, 2.05) is 0 Å². The lowest BCUT2D eigenvalue weighted by molar-refractivity contribution is 0.395. The minimum Gasteiger partial charge on any atom is -0.497 e. The van der Waals surface area contributed by atoms with Crippen LogP contribution < -0.4 is 20.3 Å². The van der Waals surface area contributed by atoms with Crippen molar-refractivity contribution in [3.05, 3.63) is 45.8 Å². The van der Waals surface area contributed by atoms with Gasteiger partial charge in [0.1, 0.15) is 22.2 Å². The van der Waals surface area contributed by atoms with Crippen molar-refractivity contribution >= 4 is 34.3 Å². The van der Waals surface area contributed by atoms with E-state index < -0.39 is 5.56 Å². The largest absolute Gasteiger partial charge is 0.497 e. The summed E-state index contributed by atoms with van der Waals surface area (Å²) in [5.74, 6) is 1.33. The van der Waals surface area contributed by atoms with Crippen molar-refractivity contribution in [1.82, 2.24) is 15.0 Å². The van der Waals surface area contributed by atoms with Crippen molar-refractivity contribution in [3.63, 3.8) is 0 Å². The summed E-state index contributed by atoms with van der Waals surface area (Å²) in [6.45, 7) is 0. The summed E-state index contributed by atoms with van der Waals surface area (Å²) in [7, 11) is 3.10. The molecule has 0 radical (unpaired) electrons. The average molecular weight is 333 g/mol. The summed E-state index contributed by atoms with van der Waals surface area (Å²) in [6.07, 6.45) is 0. The Kier molecular flexibility index (Phi) is 4.03. The van der Waals surface area contributed by atoms with Crippen LogP contribution in [0.25, 0.3) is 11.2 Å². The maximum Gasteiger partial charge on any atom is 0.292 e. The van der Waals surface area contributed by atoms with Crippen LogP contribution in [0.5, 0.6) is 11.5 Å². The first-order valence-electron chi connectivity index (χ1n) is 6.66. The number of fused-ring (bicyclic) bond motifs is 1. The third kappa shape index (κ3) is 3.19. The molecule has 0 aliphatic heterocycles. The minimum absolute atomic E-state index is 0.136. The van der Waals surface area contributed by atoms with E-state index in [0.717, 1.165) is 0 Å². The Morgan fingerprint density at radius 1 is 1.09 bits per heavy atom. The number of aromatic nitrogens is 3. The molecular weight excluding hydrogens is 320 g/mol. The highest BCUT2D eigenvalue weighted by molar-refractivity contribution is 6.29. The molecule has 23 heavy (non-hydrogen) atoms. The first kappa shape index (κ1) is 15.1. The zero-order valence-corrected chi connectivity index (χ0v) is 13.1. The normalized spacial score (nSPS) is 10.6. The van der Waals surface area contributed by atoms with Crippen LogP contribution in [0.3, 0.4) is 0 Å². The molecule has 3 rings (SSSR count). The standard InChI is InChI=1S/C15H13ClN4O3/c1-22-9-5-8(6-10(7-9)23-2)17-14-15(21)20-13-11(18-14)3-4-12(16)19-13/h3-7H,1-2H3,(H,17,18)(H,19,20,21). The molecule has 0 amide bonds. The molecule has 0 atom stereocenters. The SMILES string of the molecule is COc1cc(Nc2nc3ccc(Cl)nc3[nH]c2=O)cc(OC)c1. The van der Waals surface area contributed by atoms with E-state index in [2.05, 4.69) is 20.3 Å². The predicted octanol–water partition coefficient (Wildman–Crippen LogP) is 2.73. The van der Waals surface area contributed by atoms with Crippen molar-refractivity contribution < 1.29 is 9.47 Å². The number of pyridine rings is 1. The summed E-state index contributed by atoms with van der Waals surface area (Å²) in [6, 6.07) is 8.47. The van der Waals surface area contributed by atoms with Gasteiger partial charge in [-0.25, -0.2) is 9.97 Å². The maximum absolute atomic E-state index is 12.1. The van der Waals surface area contributed by atoms with Crippen molar-refractivity contribution in [1.29, 1.82) is 0 Å². The molecule has 2 aromatic heterocycles. The van der Waals surface area contributed by atoms with Crippen molar-refractivity contribution in [2.24, 2.45) is 0 Å². The smallest absolute Gasteiger partial charge is 0.292 e. The van der Waals surface area contributed by atoms with Gasteiger partial charge >= 0.3 is 0 Å². The number of anilines is 2. The number of hydrogen-bond donors (Lipinski definition) is 2. The van der Waals surface area contributed by atoms with Crippen LogP contribution in [0.4, 0.5) is 11.5 Å². The minimum atomic E-state index is -0.408. The van der Waals surface area contributed by atoms with Crippen molar-refractivity contribution in [2.75, 3.05) is 19.5 Å². The molecule has 0 saturated heterocycles. The number of rotatable bonds is 4. The van der Waals surface area contributed by atoms with Gasteiger partial charge in [0.15, 0.2) is 11.5 Å². The van der Waals surface area contributed by atoms with Gasteiger partial charge in [-0.2, -0.15) is 0 Å². The van der Waals surface area contributed by atoms with E-state index in [0.29, 0.717) is 28.4 Å². The Hall–Kier alpha value is -2.80. The van der Waals surface area contributed by atoms with Gasteiger partial charge in [0.25, 0.3) is 5.56 Å². The Morgan fingerprint density at radius 2 is 1.78 bits per heavy atom. The number of nitrogens with zero attached hydrogens (tertiary/aromatic N) is 2. The molecule has 0 bridgehead atoms. The highest BCUT2D eigenvalue weighted by atomic mass is 35.5. The molecular formula is C15H13ClN4O3. The van der Waals surface area contributed by atoms with Crippen LogP contribution >= 0.6 is 11.6 Å². The highest BCUT2D eigenvalue weighted by Crippen LogP contribution is 2.27. The van der Waals surface area contributed by atoms with Gasteiger partial charge in [-0.1, -0.05) is 11.6 Å². The zero-order chi connectivity index (χ0) is 16.4. The van der Waals surface area contributed by atoms with Crippen molar-refractivity contribution in [2.45, 2.75) is 0 Å². The third-order valence-corrected chi connectivity index (χ3v) is 3.34. The summed E-state index contributed by atoms with van der Waals surface area (Å²) in [5, 5.41) is 3.24. The third-order valence-electron chi connectivity index (χ3n) is 3.13. The summed E-state index contributed by atoms with van der Waals surface area (Å²) < 4.78 is 10.4. The van der Waals surface area contributed by atoms with E-state index in [1.165, 1.54) is 0 Å². The fourth-order valence-electron chi connectivity index (χ4n) is 2.05. The van der Waals surface area contributed by atoms with Crippen LogP contribution in [0.1, 0.15) is 0 Å². The Bertz CT molecular complexity index is 904. The van der Waals surface area contributed by atoms with Gasteiger partial charge in [-0.3, -0.25) is 4.79 Å².